The molecule has 0 bridgehead atoms. The Morgan fingerprint density at radius 3 is 3.10 bits per heavy atom. The van der Waals surface area contributed by atoms with E-state index >= 15 is 0 Å². The van der Waals surface area contributed by atoms with Crippen molar-refractivity contribution in [3.63, 3.8) is 0 Å². The molecule has 3 rings (SSSR count). The summed E-state index contributed by atoms with van der Waals surface area (Å²) < 4.78 is 12.4. The molecule has 1 aliphatic rings. The quantitative estimate of drug-likeness (QED) is 0.901. The van der Waals surface area contributed by atoms with Crippen molar-refractivity contribution in [2.75, 3.05) is 6.79 Å². The second-order valence-electron chi connectivity index (χ2n) is 5.06. The number of amides is 1. The molecule has 0 spiro atoms. The largest absolute Gasteiger partial charge is 0.454 e. The van der Waals surface area contributed by atoms with Gasteiger partial charge in [-0.05, 0) is 30.7 Å². The van der Waals surface area contributed by atoms with Crippen LogP contribution in [0, 0.1) is 0 Å². The zero-order valence-corrected chi connectivity index (χ0v) is 11.8. The summed E-state index contributed by atoms with van der Waals surface area (Å²) in [4.78, 5) is 12.0. The van der Waals surface area contributed by atoms with Crippen molar-refractivity contribution in [3.05, 3.63) is 42.2 Å². The van der Waals surface area contributed by atoms with E-state index in [1.54, 1.807) is 10.9 Å². The minimum absolute atomic E-state index is 0.0198. The van der Waals surface area contributed by atoms with Gasteiger partial charge in [0.1, 0.15) is 0 Å². The van der Waals surface area contributed by atoms with Gasteiger partial charge < -0.3 is 14.8 Å². The molecule has 1 amide bonds. The molecule has 0 saturated carbocycles. The lowest BCUT2D eigenvalue weighted by Crippen LogP contribution is -2.36. The van der Waals surface area contributed by atoms with Crippen LogP contribution in [0.15, 0.2) is 36.7 Å². The van der Waals surface area contributed by atoms with Crippen molar-refractivity contribution in [2.24, 2.45) is 0 Å². The highest BCUT2D eigenvalue weighted by atomic mass is 16.7. The van der Waals surface area contributed by atoms with Gasteiger partial charge in [0.25, 0.3) is 0 Å². The molecule has 0 fully saturated rings. The first-order valence-corrected chi connectivity index (χ1v) is 6.86. The Bertz CT molecular complexity index is 625. The third-order valence-electron chi connectivity index (χ3n) is 3.23. The highest BCUT2D eigenvalue weighted by Gasteiger charge is 2.15. The van der Waals surface area contributed by atoms with E-state index in [2.05, 4.69) is 10.4 Å². The second kappa shape index (κ2) is 5.87. The SMILES string of the molecule is CC(Cn1cccn1)NC(=O)Cc1ccc2c(c1)OCO2. The van der Waals surface area contributed by atoms with Crippen LogP contribution >= 0.6 is 0 Å². The van der Waals surface area contributed by atoms with Crippen LogP contribution < -0.4 is 14.8 Å². The molecule has 1 aliphatic heterocycles. The van der Waals surface area contributed by atoms with Gasteiger partial charge >= 0.3 is 0 Å². The minimum Gasteiger partial charge on any atom is -0.454 e. The Hall–Kier alpha value is -2.50. The monoisotopic (exact) mass is 287 g/mol. The van der Waals surface area contributed by atoms with E-state index < -0.39 is 0 Å². The van der Waals surface area contributed by atoms with Gasteiger partial charge in [-0.3, -0.25) is 9.48 Å². The average Bonchev–Trinajstić information content (AvgIpc) is 3.08. The fourth-order valence-electron chi connectivity index (χ4n) is 2.30. The van der Waals surface area contributed by atoms with Crippen molar-refractivity contribution in [1.82, 2.24) is 15.1 Å². The number of carbonyl (C=O) groups excluding carboxylic acids is 1. The van der Waals surface area contributed by atoms with Gasteiger partial charge in [-0.2, -0.15) is 5.10 Å². The highest BCUT2D eigenvalue weighted by molar-refractivity contribution is 5.79. The molecule has 2 aromatic rings. The van der Waals surface area contributed by atoms with E-state index in [4.69, 9.17) is 9.47 Å². The van der Waals surface area contributed by atoms with Crippen molar-refractivity contribution in [2.45, 2.75) is 25.9 Å². The fraction of sp³-hybridized carbons (Fsp3) is 0.333. The molecule has 1 aromatic heterocycles. The third kappa shape index (κ3) is 3.34. The summed E-state index contributed by atoms with van der Waals surface area (Å²) in [6.45, 7) is 2.85. The summed E-state index contributed by atoms with van der Waals surface area (Å²) >= 11 is 0. The zero-order valence-electron chi connectivity index (χ0n) is 11.8. The van der Waals surface area contributed by atoms with Crippen LogP contribution in [0.3, 0.4) is 0 Å². The van der Waals surface area contributed by atoms with Crippen molar-refractivity contribution in [1.29, 1.82) is 0 Å². The maximum absolute atomic E-state index is 12.0. The first-order chi connectivity index (χ1) is 10.2. The van der Waals surface area contributed by atoms with Crippen molar-refractivity contribution >= 4 is 5.91 Å². The number of hydrogen-bond donors (Lipinski definition) is 1. The first-order valence-electron chi connectivity index (χ1n) is 6.86. The molecule has 1 atom stereocenters. The van der Waals surface area contributed by atoms with Gasteiger partial charge in [-0.15, -0.1) is 0 Å². The maximum atomic E-state index is 12.0. The number of aromatic nitrogens is 2. The minimum atomic E-state index is -0.0199. The maximum Gasteiger partial charge on any atom is 0.231 e. The molecular weight excluding hydrogens is 270 g/mol. The van der Waals surface area contributed by atoms with Gasteiger partial charge in [-0.25, -0.2) is 0 Å². The third-order valence-corrected chi connectivity index (χ3v) is 3.23. The summed E-state index contributed by atoms with van der Waals surface area (Å²) in [6.07, 6.45) is 3.92. The number of nitrogens with one attached hydrogen (secondary N) is 1. The number of fused-ring (bicyclic) bond motifs is 1. The molecule has 1 aromatic carbocycles. The van der Waals surface area contributed by atoms with Gasteiger partial charge in [0.15, 0.2) is 11.5 Å². The number of hydrogen-bond acceptors (Lipinski definition) is 4. The Morgan fingerprint density at radius 1 is 1.43 bits per heavy atom. The zero-order chi connectivity index (χ0) is 14.7. The predicted molar refractivity (Wildman–Crippen MR) is 76.1 cm³/mol. The molecule has 21 heavy (non-hydrogen) atoms. The number of rotatable bonds is 5. The topological polar surface area (TPSA) is 65.4 Å². The summed E-state index contributed by atoms with van der Waals surface area (Å²) in [7, 11) is 0. The Balaban J connectivity index is 1.54. The fourth-order valence-corrected chi connectivity index (χ4v) is 2.30. The van der Waals surface area contributed by atoms with Gasteiger partial charge in [0, 0.05) is 18.4 Å². The molecule has 110 valence electrons. The Morgan fingerprint density at radius 2 is 2.29 bits per heavy atom. The van der Waals surface area contributed by atoms with Crippen LogP contribution in [-0.4, -0.2) is 28.5 Å². The number of ether oxygens (including phenoxy) is 2. The number of nitrogens with zero attached hydrogens (tertiary/aromatic N) is 2. The molecule has 6 heteroatoms. The van der Waals surface area contributed by atoms with Gasteiger partial charge in [-0.1, -0.05) is 6.07 Å². The van der Waals surface area contributed by atoms with Gasteiger partial charge in [0.2, 0.25) is 12.7 Å². The molecule has 0 aliphatic carbocycles. The van der Waals surface area contributed by atoms with E-state index in [0.29, 0.717) is 18.7 Å². The van der Waals surface area contributed by atoms with Crippen LogP contribution in [0.2, 0.25) is 0 Å². The van der Waals surface area contributed by atoms with E-state index in [1.165, 1.54) is 0 Å². The number of benzene rings is 1. The summed E-state index contributed by atoms with van der Waals surface area (Å²) in [5.41, 5.74) is 0.906. The van der Waals surface area contributed by atoms with E-state index in [1.807, 2.05) is 37.4 Å². The van der Waals surface area contributed by atoms with Crippen LogP contribution in [0.5, 0.6) is 11.5 Å². The van der Waals surface area contributed by atoms with Crippen LogP contribution in [0.4, 0.5) is 0 Å². The van der Waals surface area contributed by atoms with E-state index in [9.17, 15) is 4.79 Å². The second-order valence-corrected chi connectivity index (χ2v) is 5.06. The smallest absolute Gasteiger partial charge is 0.231 e. The predicted octanol–water partition coefficient (Wildman–Crippen LogP) is 1.36. The Labute approximate surface area is 122 Å². The molecular formula is C15H17N3O3. The summed E-state index contributed by atoms with van der Waals surface area (Å²) in [5, 5.41) is 7.08. The standard InChI is InChI=1S/C15H17N3O3/c1-11(9-18-6-2-5-16-18)17-15(19)8-12-3-4-13-14(7-12)21-10-20-13/h2-7,11H,8-10H2,1H3,(H,17,19). The van der Waals surface area contributed by atoms with E-state index in [-0.39, 0.29) is 18.7 Å². The summed E-state index contributed by atoms with van der Waals surface area (Å²) in [6, 6.07) is 7.44. The molecule has 0 radical (unpaired) electrons. The van der Waals surface area contributed by atoms with Crippen molar-refractivity contribution < 1.29 is 14.3 Å². The molecule has 2 heterocycles. The lowest BCUT2D eigenvalue weighted by Gasteiger charge is -2.14. The summed E-state index contributed by atoms with van der Waals surface area (Å²) in [5.74, 6) is 1.41. The lowest BCUT2D eigenvalue weighted by atomic mass is 10.1. The highest BCUT2D eigenvalue weighted by Crippen LogP contribution is 2.32. The van der Waals surface area contributed by atoms with Gasteiger partial charge in [0.05, 0.1) is 13.0 Å². The molecule has 1 unspecified atom stereocenters. The van der Waals surface area contributed by atoms with Crippen LogP contribution in [0.25, 0.3) is 0 Å². The normalized spacial score (nSPS) is 14.0. The van der Waals surface area contributed by atoms with Crippen LogP contribution in [-0.2, 0) is 17.8 Å². The van der Waals surface area contributed by atoms with Crippen molar-refractivity contribution in [3.8, 4) is 11.5 Å². The van der Waals surface area contributed by atoms with Crippen LogP contribution in [0.1, 0.15) is 12.5 Å². The molecule has 6 nitrogen and oxygen atoms in total. The lowest BCUT2D eigenvalue weighted by molar-refractivity contribution is -0.121. The molecule has 0 saturated heterocycles. The number of carbonyl (C=O) groups is 1. The van der Waals surface area contributed by atoms with E-state index in [0.717, 1.165) is 11.3 Å². The average molecular weight is 287 g/mol. The Kier molecular flexibility index (Phi) is 3.77. The first kappa shape index (κ1) is 13.5. The molecule has 1 N–H and O–H groups in total.